The molecule has 1 saturated heterocycles. The molecular weight excluding hydrogens is 376 g/mol. The van der Waals surface area contributed by atoms with Crippen LogP contribution < -0.4 is 5.32 Å². The average molecular weight is 403 g/mol. The van der Waals surface area contributed by atoms with Gasteiger partial charge in [0.15, 0.2) is 0 Å². The lowest BCUT2D eigenvalue weighted by molar-refractivity contribution is -0.125. The Morgan fingerprint density at radius 1 is 1.10 bits per heavy atom. The maximum atomic E-state index is 13.0. The number of carbonyl (C=O) groups is 1. The molecule has 0 radical (unpaired) electrons. The lowest BCUT2D eigenvalue weighted by atomic mass is 10.1. The summed E-state index contributed by atoms with van der Waals surface area (Å²) in [6.45, 7) is 2.06. The van der Waals surface area contributed by atoms with Crippen molar-refractivity contribution in [3.8, 4) is 0 Å². The smallest absolute Gasteiger partial charge is 0.237 e. The minimum atomic E-state index is -0.199. The summed E-state index contributed by atoms with van der Waals surface area (Å²) in [4.78, 5) is 15.2. The van der Waals surface area contributed by atoms with Crippen LogP contribution in [0.25, 0.3) is 6.08 Å². The van der Waals surface area contributed by atoms with Gasteiger partial charge in [-0.15, -0.1) is 5.10 Å². The summed E-state index contributed by atoms with van der Waals surface area (Å²) in [5, 5.41) is 14.6. The zero-order chi connectivity index (χ0) is 20.6. The SMILES string of the molecule is O=C(NCCc1ccccc1)[C@@H]1C[C@@H](n2cnnn2)CN1CC=Cc1ccccc1. The first kappa shape index (κ1) is 20.0. The first-order chi connectivity index (χ1) is 14.8. The molecule has 1 aliphatic rings. The van der Waals surface area contributed by atoms with E-state index in [-0.39, 0.29) is 18.0 Å². The monoisotopic (exact) mass is 402 g/mol. The molecule has 0 saturated carbocycles. The van der Waals surface area contributed by atoms with Crippen molar-refractivity contribution in [1.82, 2.24) is 30.4 Å². The Morgan fingerprint density at radius 2 is 1.87 bits per heavy atom. The largest absolute Gasteiger partial charge is 0.354 e. The molecule has 0 aliphatic carbocycles. The minimum Gasteiger partial charge on any atom is -0.354 e. The summed E-state index contributed by atoms with van der Waals surface area (Å²) < 4.78 is 1.76. The number of carbonyl (C=O) groups excluding carboxylic acids is 1. The van der Waals surface area contributed by atoms with E-state index in [0.29, 0.717) is 19.5 Å². The molecule has 1 N–H and O–H groups in total. The van der Waals surface area contributed by atoms with E-state index in [1.807, 2.05) is 36.4 Å². The van der Waals surface area contributed by atoms with Crippen LogP contribution in [0.5, 0.6) is 0 Å². The van der Waals surface area contributed by atoms with Crippen molar-refractivity contribution in [2.24, 2.45) is 0 Å². The van der Waals surface area contributed by atoms with Crippen molar-refractivity contribution in [3.63, 3.8) is 0 Å². The highest BCUT2D eigenvalue weighted by atomic mass is 16.2. The van der Waals surface area contributed by atoms with Gasteiger partial charge >= 0.3 is 0 Å². The number of likely N-dealkylation sites (tertiary alicyclic amines) is 1. The summed E-state index contributed by atoms with van der Waals surface area (Å²) in [5.74, 6) is 0.0645. The Balaban J connectivity index is 1.38. The third-order valence-corrected chi connectivity index (χ3v) is 5.43. The molecule has 0 spiro atoms. The first-order valence-corrected chi connectivity index (χ1v) is 10.3. The molecule has 0 bridgehead atoms. The van der Waals surface area contributed by atoms with Gasteiger partial charge in [-0.3, -0.25) is 9.69 Å². The quantitative estimate of drug-likeness (QED) is 0.626. The van der Waals surface area contributed by atoms with Gasteiger partial charge in [-0.05, 0) is 34.4 Å². The second-order valence-corrected chi connectivity index (χ2v) is 7.49. The number of nitrogens with zero attached hydrogens (tertiary/aromatic N) is 5. The molecular formula is C23H26N6O. The van der Waals surface area contributed by atoms with Crippen LogP contribution in [0.2, 0.25) is 0 Å². The van der Waals surface area contributed by atoms with E-state index >= 15 is 0 Å². The number of rotatable bonds is 8. The lowest BCUT2D eigenvalue weighted by Crippen LogP contribution is -2.43. The van der Waals surface area contributed by atoms with E-state index in [1.54, 1.807) is 11.0 Å². The van der Waals surface area contributed by atoms with Gasteiger partial charge in [-0.25, -0.2) is 4.68 Å². The molecule has 4 rings (SSSR count). The van der Waals surface area contributed by atoms with E-state index in [4.69, 9.17) is 0 Å². The normalized spacial score (nSPS) is 19.3. The first-order valence-electron chi connectivity index (χ1n) is 10.3. The molecule has 7 heteroatoms. The Kier molecular flexibility index (Phi) is 6.61. The molecule has 2 atom stereocenters. The van der Waals surface area contributed by atoms with Crippen molar-refractivity contribution < 1.29 is 4.79 Å². The number of benzene rings is 2. The zero-order valence-corrected chi connectivity index (χ0v) is 16.8. The fourth-order valence-corrected chi connectivity index (χ4v) is 3.86. The summed E-state index contributed by atoms with van der Waals surface area (Å²) in [7, 11) is 0. The second-order valence-electron chi connectivity index (χ2n) is 7.49. The molecule has 7 nitrogen and oxygen atoms in total. The van der Waals surface area contributed by atoms with E-state index in [1.165, 1.54) is 5.56 Å². The van der Waals surface area contributed by atoms with Crippen LogP contribution in [0.15, 0.2) is 73.1 Å². The number of hydrogen-bond acceptors (Lipinski definition) is 5. The molecule has 1 aliphatic heterocycles. The van der Waals surface area contributed by atoms with Crippen molar-refractivity contribution in [1.29, 1.82) is 0 Å². The van der Waals surface area contributed by atoms with Gasteiger partial charge in [0.1, 0.15) is 6.33 Å². The van der Waals surface area contributed by atoms with Crippen molar-refractivity contribution in [2.45, 2.75) is 24.9 Å². The van der Waals surface area contributed by atoms with Gasteiger partial charge in [0.25, 0.3) is 0 Å². The van der Waals surface area contributed by atoms with Crippen LogP contribution >= 0.6 is 0 Å². The maximum Gasteiger partial charge on any atom is 0.237 e. The van der Waals surface area contributed by atoms with Crippen LogP contribution in [0, 0.1) is 0 Å². The van der Waals surface area contributed by atoms with Crippen LogP contribution in [0.3, 0.4) is 0 Å². The van der Waals surface area contributed by atoms with E-state index in [0.717, 1.165) is 18.5 Å². The zero-order valence-electron chi connectivity index (χ0n) is 16.8. The fourth-order valence-electron chi connectivity index (χ4n) is 3.86. The summed E-state index contributed by atoms with van der Waals surface area (Å²) >= 11 is 0. The predicted octanol–water partition coefficient (Wildman–Crippen LogP) is 2.36. The topological polar surface area (TPSA) is 75.9 Å². The van der Waals surface area contributed by atoms with Gasteiger partial charge in [-0.2, -0.15) is 0 Å². The molecule has 1 aromatic heterocycles. The fraction of sp³-hybridized carbons (Fsp3) is 0.304. The van der Waals surface area contributed by atoms with Gasteiger partial charge in [0, 0.05) is 19.6 Å². The third-order valence-electron chi connectivity index (χ3n) is 5.43. The van der Waals surface area contributed by atoms with E-state index < -0.39 is 0 Å². The highest BCUT2D eigenvalue weighted by molar-refractivity contribution is 5.82. The number of tetrazole rings is 1. The number of nitrogens with one attached hydrogen (secondary N) is 1. The number of amides is 1. The lowest BCUT2D eigenvalue weighted by Gasteiger charge is -2.22. The third kappa shape index (κ3) is 5.18. The molecule has 3 aromatic rings. The molecule has 154 valence electrons. The van der Waals surface area contributed by atoms with E-state index in [9.17, 15) is 4.79 Å². The van der Waals surface area contributed by atoms with Crippen LogP contribution in [0.4, 0.5) is 0 Å². The molecule has 30 heavy (non-hydrogen) atoms. The second kappa shape index (κ2) is 9.93. The van der Waals surface area contributed by atoms with Gasteiger partial charge in [0.05, 0.1) is 12.1 Å². The molecule has 1 amide bonds. The van der Waals surface area contributed by atoms with Crippen LogP contribution in [0.1, 0.15) is 23.6 Å². The summed E-state index contributed by atoms with van der Waals surface area (Å²) in [6.07, 6.45) is 7.35. The highest BCUT2D eigenvalue weighted by Crippen LogP contribution is 2.26. The Labute approximate surface area is 176 Å². The van der Waals surface area contributed by atoms with Crippen molar-refractivity contribution in [3.05, 3.63) is 84.2 Å². The Hall–Kier alpha value is -3.32. The van der Waals surface area contributed by atoms with Crippen molar-refractivity contribution >= 4 is 12.0 Å². The molecule has 1 fully saturated rings. The average Bonchev–Trinajstić information content (AvgIpc) is 3.45. The molecule has 2 aromatic carbocycles. The van der Waals surface area contributed by atoms with Crippen LogP contribution in [-0.4, -0.2) is 56.7 Å². The standard InChI is InChI=1S/C23H26N6O/c30-23(24-14-13-20-10-5-2-6-11-20)22-16-21(29-18-25-26-27-29)17-28(22)15-7-12-19-8-3-1-4-9-19/h1-12,18,21-22H,13-17H2,(H,24,30)/t21-,22+/m1/s1. The van der Waals surface area contributed by atoms with Gasteiger partial charge < -0.3 is 5.32 Å². The Morgan fingerprint density at radius 3 is 2.60 bits per heavy atom. The number of aromatic nitrogens is 4. The maximum absolute atomic E-state index is 13.0. The minimum absolute atomic E-state index is 0.0645. The van der Waals surface area contributed by atoms with Crippen LogP contribution in [-0.2, 0) is 11.2 Å². The summed E-state index contributed by atoms with van der Waals surface area (Å²) in [5.41, 5.74) is 2.37. The molecule has 2 heterocycles. The number of hydrogen-bond donors (Lipinski definition) is 1. The Bertz CT molecular complexity index is 942. The van der Waals surface area contributed by atoms with E-state index in [2.05, 4.69) is 62.2 Å². The van der Waals surface area contributed by atoms with Gasteiger partial charge in [0.2, 0.25) is 5.91 Å². The van der Waals surface area contributed by atoms with Gasteiger partial charge in [-0.1, -0.05) is 72.8 Å². The highest BCUT2D eigenvalue weighted by Gasteiger charge is 2.37. The molecule has 0 unspecified atom stereocenters. The predicted molar refractivity (Wildman–Crippen MR) is 115 cm³/mol. The van der Waals surface area contributed by atoms with Crippen molar-refractivity contribution in [2.75, 3.05) is 19.6 Å². The summed E-state index contributed by atoms with van der Waals surface area (Å²) in [6, 6.07) is 20.3.